The minimum absolute atomic E-state index is 0.0587. The van der Waals surface area contributed by atoms with Gasteiger partial charge in [-0.2, -0.15) is 0 Å². The number of phenolic OH excluding ortho intramolecular Hbond substituents is 1. The molecule has 2 rings (SSSR count). The summed E-state index contributed by atoms with van der Waals surface area (Å²) in [5.74, 6) is -0.172. The van der Waals surface area contributed by atoms with Crippen LogP contribution in [-0.2, 0) is 0 Å². The van der Waals surface area contributed by atoms with Crippen LogP contribution in [0.25, 0.3) is 6.08 Å². The number of benzene rings is 2. The van der Waals surface area contributed by atoms with E-state index < -0.39 is 4.92 Å². The quantitative estimate of drug-likeness (QED) is 0.368. The zero-order chi connectivity index (χ0) is 17.0. The van der Waals surface area contributed by atoms with Crippen LogP contribution in [0.3, 0.4) is 0 Å². The lowest BCUT2D eigenvalue weighted by Gasteiger charge is -2.04. The third kappa shape index (κ3) is 3.95. The number of nitro groups is 1. The van der Waals surface area contributed by atoms with Crippen molar-refractivity contribution in [3.05, 3.63) is 68.2 Å². The summed E-state index contributed by atoms with van der Waals surface area (Å²) >= 11 is 3.10. The fourth-order valence-electron chi connectivity index (χ4n) is 1.87. The monoisotopic (exact) mass is 377 g/mol. The number of ether oxygens (including phenoxy) is 1. The zero-order valence-corrected chi connectivity index (χ0v) is 13.6. The molecule has 23 heavy (non-hydrogen) atoms. The Morgan fingerprint density at radius 2 is 2.04 bits per heavy atom. The van der Waals surface area contributed by atoms with Gasteiger partial charge in [0, 0.05) is 11.6 Å². The molecule has 0 fully saturated rings. The zero-order valence-electron chi connectivity index (χ0n) is 12.0. The molecule has 0 heterocycles. The van der Waals surface area contributed by atoms with Gasteiger partial charge in [0.2, 0.25) is 0 Å². The molecule has 0 atom stereocenters. The molecule has 0 spiro atoms. The predicted molar refractivity (Wildman–Crippen MR) is 88.8 cm³/mol. The van der Waals surface area contributed by atoms with Gasteiger partial charge in [0.05, 0.1) is 16.5 Å². The SMILES string of the molecule is COc1cc(C(=O)/C=C/c2ccc(Br)c([N+](=O)[O-])c2)ccc1O. The number of nitro benzene ring substituents is 1. The molecule has 0 amide bonds. The normalized spacial score (nSPS) is 10.7. The van der Waals surface area contributed by atoms with Gasteiger partial charge in [-0.25, -0.2) is 0 Å². The lowest BCUT2D eigenvalue weighted by atomic mass is 10.1. The first-order valence-corrected chi connectivity index (χ1v) is 7.25. The van der Waals surface area contributed by atoms with E-state index in [4.69, 9.17) is 4.74 Å². The number of hydrogen-bond donors (Lipinski definition) is 1. The largest absolute Gasteiger partial charge is 0.504 e. The average molecular weight is 378 g/mol. The Morgan fingerprint density at radius 3 is 2.70 bits per heavy atom. The minimum Gasteiger partial charge on any atom is -0.504 e. The second-order valence-electron chi connectivity index (χ2n) is 4.55. The molecule has 2 aromatic rings. The van der Waals surface area contributed by atoms with Crippen LogP contribution in [0.15, 0.2) is 46.9 Å². The van der Waals surface area contributed by atoms with Gasteiger partial charge >= 0.3 is 0 Å². The second-order valence-corrected chi connectivity index (χ2v) is 5.41. The molecule has 7 heteroatoms. The average Bonchev–Trinajstić information content (AvgIpc) is 2.54. The Balaban J connectivity index is 2.25. The van der Waals surface area contributed by atoms with E-state index >= 15 is 0 Å². The third-order valence-electron chi connectivity index (χ3n) is 3.06. The molecule has 0 aliphatic carbocycles. The fourth-order valence-corrected chi connectivity index (χ4v) is 2.26. The van der Waals surface area contributed by atoms with Gasteiger partial charge in [0.25, 0.3) is 5.69 Å². The molecule has 0 saturated carbocycles. The van der Waals surface area contributed by atoms with Crippen LogP contribution in [0.5, 0.6) is 11.5 Å². The van der Waals surface area contributed by atoms with Gasteiger partial charge in [-0.1, -0.05) is 12.1 Å². The lowest BCUT2D eigenvalue weighted by Crippen LogP contribution is -1.95. The first kappa shape index (κ1) is 16.7. The van der Waals surface area contributed by atoms with Crippen LogP contribution in [0.1, 0.15) is 15.9 Å². The van der Waals surface area contributed by atoms with Gasteiger partial charge < -0.3 is 9.84 Å². The van der Waals surface area contributed by atoms with Crippen LogP contribution in [0.2, 0.25) is 0 Å². The first-order valence-electron chi connectivity index (χ1n) is 6.45. The number of aromatic hydroxyl groups is 1. The number of carbonyl (C=O) groups is 1. The summed E-state index contributed by atoms with van der Waals surface area (Å²) in [6.07, 6.45) is 2.79. The number of rotatable bonds is 5. The number of ketones is 1. The molecule has 0 aliphatic rings. The number of allylic oxidation sites excluding steroid dienone is 1. The van der Waals surface area contributed by atoms with Crippen LogP contribution in [-0.4, -0.2) is 22.9 Å². The molecule has 6 nitrogen and oxygen atoms in total. The number of methoxy groups -OCH3 is 1. The van der Waals surface area contributed by atoms with E-state index in [2.05, 4.69) is 15.9 Å². The fraction of sp³-hybridized carbons (Fsp3) is 0.0625. The molecule has 0 bridgehead atoms. The summed E-state index contributed by atoms with van der Waals surface area (Å²) in [6.45, 7) is 0. The summed E-state index contributed by atoms with van der Waals surface area (Å²) in [6, 6.07) is 8.82. The van der Waals surface area contributed by atoms with E-state index in [1.165, 1.54) is 43.5 Å². The van der Waals surface area contributed by atoms with Crippen LogP contribution < -0.4 is 4.74 Å². The van der Waals surface area contributed by atoms with E-state index in [0.29, 0.717) is 15.6 Å². The molecular formula is C16H12BrNO5. The van der Waals surface area contributed by atoms with Crippen molar-refractivity contribution in [3.8, 4) is 11.5 Å². The molecule has 0 aromatic heterocycles. The minimum atomic E-state index is -0.506. The highest BCUT2D eigenvalue weighted by Crippen LogP contribution is 2.27. The van der Waals surface area contributed by atoms with E-state index in [1.807, 2.05) is 0 Å². The standard InChI is InChI=1S/C16H12BrNO5/c1-23-16-9-11(4-7-15(16)20)14(19)6-3-10-2-5-12(17)13(8-10)18(21)22/h2-9,20H,1H3/b6-3+. The predicted octanol–water partition coefficient (Wildman–Crippen LogP) is 3.97. The molecule has 0 radical (unpaired) electrons. The molecule has 0 saturated heterocycles. The van der Waals surface area contributed by atoms with Crippen molar-refractivity contribution in [1.82, 2.24) is 0 Å². The van der Waals surface area contributed by atoms with Crippen molar-refractivity contribution >= 4 is 33.5 Å². The highest BCUT2D eigenvalue weighted by molar-refractivity contribution is 9.10. The molecular weight excluding hydrogens is 366 g/mol. The van der Waals surface area contributed by atoms with Crippen LogP contribution >= 0.6 is 15.9 Å². The molecule has 0 aliphatic heterocycles. The maximum absolute atomic E-state index is 12.1. The maximum atomic E-state index is 12.1. The summed E-state index contributed by atoms with van der Waals surface area (Å²) in [5.41, 5.74) is 0.785. The smallest absolute Gasteiger partial charge is 0.284 e. The molecule has 118 valence electrons. The number of nitrogens with zero attached hydrogens (tertiary/aromatic N) is 1. The van der Waals surface area contributed by atoms with Gasteiger partial charge in [-0.15, -0.1) is 0 Å². The summed E-state index contributed by atoms with van der Waals surface area (Å²) in [7, 11) is 1.39. The van der Waals surface area contributed by atoms with Gasteiger partial charge in [-0.05, 0) is 51.8 Å². The Kier molecular flexibility index (Phi) is 5.13. The second kappa shape index (κ2) is 7.06. The van der Waals surface area contributed by atoms with Crippen LogP contribution in [0, 0.1) is 10.1 Å². The molecule has 1 N–H and O–H groups in total. The lowest BCUT2D eigenvalue weighted by molar-refractivity contribution is -0.385. The van der Waals surface area contributed by atoms with E-state index in [-0.39, 0.29) is 23.0 Å². The van der Waals surface area contributed by atoms with E-state index in [1.54, 1.807) is 12.1 Å². The van der Waals surface area contributed by atoms with Gasteiger partial charge in [0.1, 0.15) is 0 Å². The van der Waals surface area contributed by atoms with Gasteiger partial charge in [0.15, 0.2) is 17.3 Å². The van der Waals surface area contributed by atoms with Crippen LogP contribution in [0.4, 0.5) is 5.69 Å². The first-order chi connectivity index (χ1) is 10.9. The third-order valence-corrected chi connectivity index (χ3v) is 3.73. The molecule has 0 unspecified atom stereocenters. The van der Waals surface area contributed by atoms with Gasteiger partial charge in [-0.3, -0.25) is 14.9 Å². The summed E-state index contributed by atoms with van der Waals surface area (Å²) < 4.78 is 5.32. The highest BCUT2D eigenvalue weighted by atomic mass is 79.9. The van der Waals surface area contributed by atoms with E-state index in [0.717, 1.165) is 0 Å². The number of hydrogen-bond acceptors (Lipinski definition) is 5. The van der Waals surface area contributed by atoms with Crippen molar-refractivity contribution < 1.29 is 19.6 Å². The van der Waals surface area contributed by atoms with Crippen molar-refractivity contribution in [2.24, 2.45) is 0 Å². The number of halogens is 1. The Hall–Kier alpha value is -2.67. The van der Waals surface area contributed by atoms with Crippen molar-refractivity contribution in [2.45, 2.75) is 0 Å². The maximum Gasteiger partial charge on any atom is 0.284 e. The van der Waals surface area contributed by atoms with E-state index in [9.17, 15) is 20.0 Å². The van der Waals surface area contributed by atoms with Crippen molar-refractivity contribution in [1.29, 1.82) is 0 Å². The highest BCUT2D eigenvalue weighted by Gasteiger charge is 2.12. The Bertz CT molecular complexity index is 801. The summed E-state index contributed by atoms with van der Waals surface area (Å²) in [4.78, 5) is 22.5. The number of phenols is 1. The summed E-state index contributed by atoms with van der Waals surface area (Å²) in [5, 5.41) is 20.4. The Labute approximate surface area is 140 Å². The topological polar surface area (TPSA) is 89.7 Å². The Morgan fingerprint density at radius 1 is 1.30 bits per heavy atom. The number of carbonyl (C=O) groups excluding carboxylic acids is 1. The molecule has 2 aromatic carbocycles. The van der Waals surface area contributed by atoms with Crippen molar-refractivity contribution in [3.63, 3.8) is 0 Å². The van der Waals surface area contributed by atoms with Crippen molar-refractivity contribution in [2.75, 3.05) is 7.11 Å².